The highest BCUT2D eigenvalue weighted by Crippen LogP contribution is 2.47. The van der Waals surface area contributed by atoms with E-state index in [1.54, 1.807) is 18.6 Å². The van der Waals surface area contributed by atoms with Gasteiger partial charge in [-0.1, -0.05) is 18.2 Å². The van der Waals surface area contributed by atoms with Crippen LogP contribution in [0, 0.1) is 29.2 Å². The van der Waals surface area contributed by atoms with E-state index in [0.717, 1.165) is 35.7 Å². The molecule has 1 aromatic carbocycles. The highest BCUT2D eigenvalue weighted by Gasteiger charge is 2.47. The first-order chi connectivity index (χ1) is 14.7. The van der Waals surface area contributed by atoms with Crippen LogP contribution >= 0.6 is 11.3 Å². The van der Waals surface area contributed by atoms with Crippen molar-refractivity contribution in [2.75, 3.05) is 13.1 Å². The summed E-state index contributed by atoms with van der Waals surface area (Å²) in [5.74, 6) is 2.87. The van der Waals surface area contributed by atoms with Gasteiger partial charge in [0.25, 0.3) is 0 Å². The molecule has 0 radical (unpaired) electrons. The molecule has 0 amide bonds. The van der Waals surface area contributed by atoms with Crippen LogP contribution in [0.1, 0.15) is 22.6 Å². The molecule has 3 unspecified atom stereocenters. The molecule has 1 saturated heterocycles. The van der Waals surface area contributed by atoms with Crippen LogP contribution in [0.5, 0.6) is 11.5 Å². The van der Waals surface area contributed by atoms with E-state index in [1.165, 1.54) is 11.3 Å². The number of pyridine rings is 1. The number of fused-ring (bicyclic) bond motifs is 1. The van der Waals surface area contributed by atoms with E-state index in [4.69, 9.17) is 10.00 Å². The number of likely N-dealkylation sites (tertiary alicyclic amines) is 1. The van der Waals surface area contributed by atoms with Crippen LogP contribution in [0.4, 0.5) is 0 Å². The van der Waals surface area contributed by atoms with Gasteiger partial charge in [0.2, 0.25) is 0 Å². The maximum atomic E-state index is 12.8. The summed E-state index contributed by atoms with van der Waals surface area (Å²) in [6.45, 7) is 1.64. The second-order valence-corrected chi connectivity index (χ2v) is 8.90. The largest absolute Gasteiger partial charge is 0.455 e. The molecule has 2 fully saturated rings. The van der Waals surface area contributed by atoms with Gasteiger partial charge in [-0.15, -0.1) is 11.3 Å². The quantitative estimate of drug-likeness (QED) is 0.431. The molecule has 30 heavy (non-hydrogen) atoms. The van der Waals surface area contributed by atoms with Crippen molar-refractivity contribution in [1.82, 2.24) is 14.9 Å². The van der Waals surface area contributed by atoms with Crippen LogP contribution in [0.15, 0.2) is 55.0 Å². The number of ketones is 1. The van der Waals surface area contributed by atoms with Gasteiger partial charge >= 0.3 is 0 Å². The molecule has 1 saturated carbocycles. The fourth-order valence-electron chi connectivity index (χ4n) is 4.50. The van der Waals surface area contributed by atoms with E-state index in [2.05, 4.69) is 16.2 Å². The number of rotatable bonds is 6. The first-order valence-corrected chi connectivity index (χ1v) is 10.8. The molecule has 1 aliphatic carbocycles. The lowest BCUT2D eigenvalue weighted by Crippen LogP contribution is -2.36. The second-order valence-electron chi connectivity index (χ2n) is 7.87. The predicted octanol–water partition coefficient (Wildman–Crippen LogP) is 4.62. The highest BCUT2D eigenvalue weighted by molar-refractivity contribution is 7.17. The van der Waals surface area contributed by atoms with E-state index in [9.17, 15) is 4.79 Å². The third-order valence-corrected chi connectivity index (χ3v) is 7.13. The smallest absolute Gasteiger partial charge is 0.191 e. The molecule has 3 atom stereocenters. The Morgan fingerprint density at radius 2 is 2.10 bits per heavy atom. The third kappa shape index (κ3) is 3.55. The van der Waals surface area contributed by atoms with Gasteiger partial charge in [0.1, 0.15) is 5.75 Å². The highest BCUT2D eigenvalue weighted by atomic mass is 32.1. The minimum atomic E-state index is 0.0877. The summed E-state index contributed by atoms with van der Waals surface area (Å²) < 4.78 is 5.99. The zero-order chi connectivity index (χ0) is 20.5. The van der Waals surface area contributed by atoms with Crippen molar-refractivity contribution in [2.24, 2.45) is 17.8 Å². The molecule has 0 N–H and O–H groups in total. The third-order valence-electron chi connectivity index (χ3n) is 6.06. The van der Waals surface area contributed by atoms with E-state index in [1.807, 2.05) is 41.3 Å². The Labute approximate surface area is 178 Å². The van der Waals surface area contributed by atoms with Crippen molar-refractivity contribution in [3.63, 3.8) is 0 Å². The summed E-state index contributed by atoms with van der Waals surface area (Å²) in [7, 11) is 0. The summed E-state index contributed by atoms with van der Waals surface area (Å²) in [4.78, 5) is 24.1. The maximum absolute atomic E-state index is 12.8. The number of carbonyl (C=O) groups is 1. The summed E-state index contributed by atoms with van der Waals surface area (Å²) in [5.41, 5.74) is 0.870. The van der Waals surface area contributed by atoms with Gasteiger partial charge in [-0.3, -0.25) is 9.78 Å². The summed E-state index contributed by atoms with van der Waals surface area (Å²) in [5, 5.41) is 9.62. The first kappa shape index (κ1) is 18.8. The topological polar surface area (TPSA) is 79.1 Å². The maximum Gasteiger partial charge on any atom is 0.191 e. The van der Waals surface area contributed by atoms with Gasteiger partial charge in [-0.2, -0.15) is 5.26 Å². The minimum Gasteiger partial charge on any atom is -0.455 e. The van der Waals surface area contributed by atoms with Gasteiger partial charge in [0.15, 0.2) is 22.7 Å². The molecule has 2 aliphatic rings. The number of nitriles is 1. The molecule has 3 heterocycles. The number of para-hydroxylation sites is 1. The van der Waals surface area contributed by atoms with Crippen molar-refractivity contribution in [2.45, 2.75) is 12.8 Å². The number of carbonyl (C=O) groups excluding carboxylic acids is 1. The molecule has 1 aliphatic heterocycles. The number of nitrogens with zero attached hydrogens (tertiary/aromatic N) is 4. The molecular weight excluding hydrogens is 396 g/mol. The SMILES string of the molecule is N#CN1CC2CC(CC(=O)c3ncc(-c4ccncc4Oc4ccccc4)s3)C2C1. The molecule has 3 aromatic rings. The summed E-state index contributed by atoms with van der Waals surface area (Å²) in [6, 6.07) is 11.4. The number of hydrogen-bond acceptors (Lipinski definition) is 7. The van der Waals surface area contributed by atoms with Gasteiger partial charge in [-0.25, -0.2) is 4.98 Å². The zero-order valence-electron chi connectivity index (χ0n) is 16.3. The predicted molar refractivity (Wildman–Crippen MR) is 113 cm³/mol. The van der Waals surface area contributed by atoms with Crippen LogP contribution < -0.4 is 4.74 Å². The summed E-state index contributed by atoms with van der Waals surface area (Å²) >= 11 is 1.39. The normalized spacial score (nSPS) is 22.1. The van der Waals surface area contributed by atoms with Crippen molar-refractivity contribution in [3.8, 4) is 28.1 Å². The van der Waals surface area contributed by atoms with Crippen molar-refractivity contribution in [3.05, 3.63) is 60.0 Å². The number of Topliss-reactive ketones (excluding diaryl/α,β-unsaturated/α-hetero) is 1. The number of thiazole rings is 1. The number of ether oxygens (including phenoxy) is 1. The molecule has 6 nitrogen and oxygen atoms in total. The molecule has 0 bridgehead atoms. The van der Waals surface area contributed by atoms with Crippen LogP contribution in [0.25, 0.3) is 10.4 Å². The monoisotopic (exact) mass is 416 g/mol. The summed E-state index contributed by atoms with van der Waals surface area (Å²) in [6.07, 6.45) is 8.91. The Bertz CT molecular complexity index is 1110. The second kappa shape index (κ2) is 7.88. The fraction of sp³-hybridized carbons (Fsp3) is 0.304. The molecule has 150 valence electrons. The van der Waals surface area contributed by atoms with Gasteiger partial charge < -0.3 is 9.64 Å². The molecule has 0 spiro atoms. The zero-order valence-corrected chi connectivity index (χ0v) is 17.1. The van der Waals surface area contributed by atoms with Crippen LogP contribution in [-0.4, -0.2) is 33.7 Å². The van der Waals surface area contributed by atoms with Gasteiger partial charge in [0, 0.05) is 37.5 Å². The lowest BCUT2D eigenvalue weighted by Gasteiger charge is -2.38. The number of hydrogen-bond donors (Lipinski definition) is 0. The molecule has 7 heteroatoms. The average molecular weight is 417 g/mol. The average Bonchev–Trinajstić information content (AvgIpc) is 3.38. The van der Waals surface area contributed by atoms with Crippen LogP contribution in [0.2, 0.25) is 0 Å². The van der Waals surface area contributed by atoms with E-state index in [0.29, 0.717) is 34.9 Å². The Hall–Kier alpha value is -3.24. The van der Waals surface area contributed by atoms with E-state index < -0.39 is 0 Å². The standard InChI is InChI=1S/C23H20N4O2S/c24-14-27-12-16-8-15(19(16)13-27)9-20(28)23-26-11-22(30-23)18-6-7-25-10-21(18)29-17-4-2-1-3-5-17/h1-7,10-11,15-16,19H,8-9,12-13H2. The van der Waals surface area contributed by atoms with Crippen LogP contribution in [-0.2, 0) is 0 Å². The van der Waals surface area contributed by atoms with Gasteiger partial charge in [-0.05, 0) is 42.4 Å². The first-order valence-electron chi connectivity index (χ1n) is 10.0. The van der Waals surface area contributed by atoms with E-state index in [-0.39, 0.29) is 5.78 Å². The number of benzene rings is 1. The Kier molecular flexibility index (Phi) is 4.93. The van der Waals surface area contributed by atoms with E-state index >= 15 is 0 Å². The minimum absolute atomic E-state index is 0.0877. The van der Waals surface area contributed by atoms with Crippen LogP contribution in [0.3, 0.4) is 0 Å². The lowest BCUT2D eigenvalue weighted by atomic mass is 9.65. The number of aromatic nitrogens is 2. The lowest BCUT2D eigenvalue weighted by molar-refractivity contribution is 0.0779. The Morgan fingerprint density at radius 3 is 2.93 bits per heavy atom. The molecule has 5 rings (SSSR count). The Morgan fingerprint density at radius 1 is 1.23 bits per heavy atom. The molecule has 2 aromatic heterocycles. The molecular formula is C23H20N4O2S. The van der Waals surface area contributed by atoms with Crippen molar-refractivity contribution in [1.29, 1.82) is 5.26 Å². The van der Waals surface area contributed by atoms with Crippen molar-refractivity contribution >= 4 is 17.1 Å². The van der Waals surface area contributed by atoms with Gasteiger partial charge in [0.05, 0.1) is 11.1 Å². The fourth-order valence-corrected chi connectivity index (χ4v) is 5.39. The van der Waals surface area contributed by atoms with Crippen molar-refractivity contribution < 1.29 is 9.53 Å². The Balaban J connectivity index is 1.29.